The number of rotatable bonds is 2. The molecule has 0 aliphatic rings. The van der Waals surface area contributed by atoms with E-state index >= 15 is 0 Å². The van der Waals surface area contributed by atoms with Crippen molar-refractivity contribution in [3.8, 4) is 11.5 Å². The minimum atomic E-state index is -5.55. The summed E-state index contributed by atoms with van der Waals surface area (Å²) in [5, 5.41) is 8.98. The number of hydrogen-bond donors (Lipinski definition) is 1. The van der Waals surface area contributed by atoms with Crippen LogP contribution < -0.4 is 4.74 Å². The summed E-state index contributed by atoms with van der Waals surface area (Å²) in [5.74, 6) is -4.17. The van der Waals surface area contributed by atoms with Crippen LogP contribution in [0.4, 0.5) is 35.1 Å². The molecule has 0 fully saturated rings. The van der Waals surface area contributed by atoms with Crippen molar-refractivity contribution in [1.29, 1.82) is 0 Å². The molecule has 1 aromatic rings. The molecule has 0 aliphatic heterocycles. The van der Waals surface area contributed by atoms with Gasteiger partial charge in [-0.1, -0.05) is 0 Å². The quantitative estimate of drug-likeness (QED) is 0.847. The Kier molecular flexibility index (Phi) is 3.77. The number of aromatic nitrogens is 1. The summed E-state index contributed by atoms with van der Waals surface area (Å²) in [7, 11) is 0. The second-order valence-electron chi connectivity index (χ2n) is 3.09. The molecule has 0 saturated heterocycles. The maximum atomic E-state index is 12.3. The van der Waals surface area contributed by atoms with Gasteiger partial charge in [-0.05, 0) is 0 Å². The van der Waals surface area contributed by atoms with Crippen molar-refractivity contribution < 1.29 is 45.0 Å². The zero-order chi connectivity index (χ0) is 15.0. The van der Waals surface area contributed by atoms with Crippen molar-refractivity contribution in [2.45, 2.75) is 19.0 Å². The highest BCUT2D eigenvalue weighted by Crippen LogP contribution is 2.45. The molecule has 0 spiro atoms. The van der Waals surface area contributed by atoms with E-state index in [1.807, 2.05) is 0 Å². The normalized spacial score (nSPS) is 12.9. The second kappa shape index (κ2) is 4.70. The Labute approximate surface area is 99.0 Å². The topological polar surface area (TPSA) is 42.4 Å². The van der Waals surface area contributed by atoms with Crippen LogP contribution in [0, 0.1) is 0 Å². The molecule has 1 heterocycles. The van der Waals surface area contributed by atoms with Crippen LogP contribution in [-0.4, -0.2) is 16.5 Å². The van der Waals surface area contributed by atoms with E-state index in [0.29, 0.717) is 0 Å². The van der Waals surface area contributed by atoms with Crippen molar-refractivity contribution >= 4 is 0 Å². The van der Waals surface area contributed by atoms with E-state index in [-0.39, 0.29) is 6.20 Å². The molecule has 19 heavy (non-hydrogen) atoms. The van der Waals surface area contributed by atoms with Crippen molar-refractivity contribution in [3.05, 3.63) is 17.5 Å². The van der Waals surface area contributed by atoms with Crippen LogP contribution in [0.25, 0.3) is 0 Å². The fraction of sp³-hybridized carbons (Fsp3) is 0.375. The molecule has 1 N–H and O–H groups in total. The highest BCUT2D eigenvalue weighted by Gasteiger charge is 2.42. The number of ether oxygens (including phenoxy) is 1. The minimum absolute atomic E-state index is 0.145. The van der Waals surface area contributed by atoms with Crippen molar-refractivity contribution in [1.82, 2.24) is 4.98 Å². The van der Waals surface area contributed by atoms with Gasteiger partial charge in [0.1, 0.15) is 0 Å². The van der Waals surface area contributed by atoms with Crippen LogP contribution in [0.3, 0.4) is 0 Å². The van der Waals surface area contributed by atoms with Gasteiger partial charge in [0.05, 0.1) is 5.56 Å². The average molecular weight is 297 g/mol. The minimum Gasteiger partial charge on any atom is -0.503 e. The Morgan fingerprint density at radius 2 is 1.63 bits per heavy atom. The molecule has 0 amide bonds. The largest absolute Gasteiger partial charge is 0.573 e. The number of alkyl halides is 8. The Morgan fingerprint density at radius 3 is 2.00 bits per heavy atom. The van der Waals surface area contributed by atoms with Gasteiger partial charge in [-0.2, -0.15) is 13.2 Å². The SMILES string of the molecule is Oc1c(C(F)(F)F)ncc(C(F)F)c1OC(F)(F)F. The van der Waals surface area contributed by atoms with Gasteiger partial charge >= 0.3 is 12.5 Å². The molecule has 0 atom stereocenters. The van der Waals surface area contributed by atoms with Crippen molar-refractivity contribution in [2.75, 3.05) is 0 Å². The Hall–Kier alpha value is -1.81. The second-order valence-corrected chi connectivity index (χ2v) is 3.09. The van der Waals surface area contributed by atoms with E-state index in [1.54, 1.807) is 0 Å². The maximum absolute atomic E-state index is 12.3. The van der Waals surface area contributed by atoms with Gasteiger partial charge in [0.15, 0.2) is 17.2 Å². The van der Waals surface area contributed by atoms with Gasteiger partial charge in [0, 0.05) is 6.20 Å². The summed E-state index contributed by atoms with van der Waals surface area (Å²) in [6.07, 6.45) is -14.6. The lowest BCUT2D eigenvalue weighted by molar-refractivity contribution is -0.275. The summed E-state index contributed by atoms with van der Waals surface area (Å²) < 4.78 is 100. The van der Waals surface area contributed by atoms with Crippen LogP contribution >= 0.6 is 0 Å². The predicted molar refractivity (Wildman–Crippen MR) is 42.5 cm³/mol. The molecule has 0 aliphatic carbocycles. The first-order chi connectivity index (χ1) is 8.43. The lowest BCUT2D eigenvalue weighted by Gasteiger charge is -2.16. The maximum Gasteiger partial charge on any atom is 0.573 e. The van der Waals surface area contributed by atoms with Gasteiger partial charge in [-0.25, -0.2) is 13.8 Å². The number of hydrogen-bond acceptors (Lipinski definition) is 3. The van der Waals surface area contributed by atoms with E-state index in [4.69, 9.17) is 5.11 Å². The number of halogens is 8. The fourth-order valence-electron chi connectivity index (χ4n) is 1.08. The van der Waals surface area contributed by atoms with E-state index < -0.39 is 41.7 Å². The summed E-state index contributed by atoms with van der Waals surface area (Å²) in [6.45, 7) is 0. The molecular weight excluding hydrogens is 294 g/mol. The Balaban J connectivity index is 3.45. The molecule has 1 rings (SSSR count). The lowest BCUT2D eigenvalue weighted by Crippen LogP contribution is -2.20. The molecule has 0 radical (unpaired) electrons. The molecule has 11 heteroatoms. The van der Waals surface area contributed by atoms with Crippen LogP contribution in [0.15, 0.2) is 6.20 Å². The summed E-state index contributed by atoms with van der Waals surface area (Å²) >= 11 is 0. The van der Waals surface area contributed by atoms with Gasteiger partial charge in [0.2, 0.25) is 0 Å². The predicted octanol–water partition coefficient (Wildman–Crippen LogP) is 3.64. The smallest absolute Gasteiger partial charge is 0.503 e. The van der Waals surface area contributed by atoms with E-state index in [1.165, 1.54) is 0 Å². The third kappa shape index (κ3) is 3.58. The number of pyridine rings is 1. The van der Waals surface area contributed by atoms with E-state index in [0.717, 1.165) is 0 Å². The molecule has 108 valence electrons. The van der Waals surface area contributed by atoms with Crippen molar-refractivity contribution in [2.24, 2.45) is 0 Å². The summed E-state index contributed by atoms with van der Waals surface area (Å²) in [6, 6.07) is 0. The Bertz CT molecular complexity index is 467. The van der Waals surface area contributed by atoms with Gasteiger partial charge in [-0.3, -0.25) is 0 Å². The van der Waals surface area contributed by atoms with Crippen LogP contribution in [0.2, 0.25) is 0 Å². The van der Waals surface area contributed by atoms with Crippen LogP contribution in [0.5, 0.6) is 11.5 Å². The first kappa shape index (κ1) is 15.2. The third-order valence-corrected chi connectivity index (χ3v) is 1.76. The molecule has 0 aromatic carbocycles. The Morgan fingerprint density at radius 1 is 1.11 bits per heavy atom. The van der Waals surface area contributed by atoms with Gasteiger partial charge in [-0.15, -0.1) is 13.2 Å². The van der Waals surface area contributed by atoms with Crippen LogP contribution in [-0.2, 0) is 6.18 Å². The van der Waals surface area contributed by atoms with Crippen molar-refractivity contribution in [3.63, 3.8) is 0 Å². The number of nitrogens with zero attached hydrogens (tertiary/aromatic N) is 1. The van der Waals surface area contributed by atoms with Gasteiger partial charge < -0.3 is 9.84 Å². The number of aromatic hydroxyl groups is 1. The highest BCUT2D eigenvalue weighted by atomic mass is 19.4. The molecule has 3 nitrogen and oxygen atoms in total. The zero-order valence-electron chi connectivity index (χ0n) is 8.48. The molecule has 0 bridgehead atoms. The van der Waals surface area contributed by atoms with Gasteiger partial charge in [0.25, 0.3) is 6.43 Å². The monoisotopic (exact) mass is 297 g/mol. The molecule has 0 unspecified atom stereocenters. The zero-order valence-corrected chi connectivity index (χ0v) is 8.48. The summed E-state index contributed by atoms with van der Waals surface area (Å²) in [4.78, 5) is 2.46. The standard InChI is InChI=1S/C8H3F8NO2/c9-6(10)2-1-17-5(7(11,12)13)3(18)4(2)19-8(14,15)16/h1,6,18H. The summed E-state index contributed by atoms with van der Waals surface area (Å²) in [5.41, 5.74) is -3.76. The lowest BCUT2D eigenvalue weighted by atomic mass is 10.2. The third-order valence-electron chi connectivity index (χ3n) is 1.76. The molecular formula is C8H3F8NO2. The fourth-order valence-corrected chi connectivity index (χ4v) is 1.08. The average Bonchev–Trinajstić information content (AvgIpc) is 2.16. The van der Waals surface area contributed by atoms with E-state index in [2.05, 4.69) is 9.72 Å². The van der Waals surface area contributed by atoms with Crippen LogP contribution in [0.1, 0.15) is 17.7 Å². The highest BCUT2D eigenvalue weighted by molar-refractivity contribution is 5.49. The molecule has 0 saturated carbocycles. The van der Waals surface area contributed by atoms with E-state index in [9.17, 15) is 35.1 Å². The first-order valence-electron chi connectivity index (χ1n) is 4.26. The molecule has 1 aromatic heterocycles. The first-order valence-corrected chi connectivity index (χ1v) is 4.26.